The Morgan fingerprint density at radius 1 is 1.05 bits per heavy atom. The molecule has 0 unspecified atom stereocenters. The minimum Gasteiger partial charge on any atom is -0.246 e. The fourth-order valence-corrected chi connectivity index (χ4v) is 3.17. The summed E-state index contributed by atoms with van der Waals surface area (Å²) >= 11 is 0. The third-order valence-electron chi connectivity index (χ3n) is 3.98. The van der Waals surface area contributed by atoms with Crippen molar-refractivity contribution in [3.63, 3.8) is 0 Å². The summed E-state index contributed by atoms with van der Waals surface area (Å²) in [6, 6.07) is 15.1. The Labute approximate surface area is 127 Å². The zero-order valence-corrected chi connectivity index (χ0v) is 13.1. The Balaban J connectivity index is 1.83. The zero-order valence-electron chi connectivity index (χ0n) is 13.1. The summed E-state index contributed by atoms with van der Waals surface area (Å²) in [5, 5.41) is 0. The van der Waals surface area contributed by atoms with Gasteiger partial charge in [-0.1, -0.05) is 48.0 Å². The van der Waals surface area contributed by atoms with E-state index in [-0.39, 0.29) is 0 Å². The summed E-state index contributed by atoms with van der Waals surface area (Å²) < 4.78 is 2.27. The molecule has 3 rings (SSSR count). The summed E-state index contributed by atoms with van der Waals surface area (Å²) in [5.41, 5.74) is 6.65. The Hall–Kier alpha value is -2.09. The second kappa shape index (κ2) is 5.72. The van der Waals surface area contributed by atoms with Gasteiger partial charge >= 0.3 is 6.34 Å². The molecule has 2 heteroatoms. The molecule has 1 aliphatic rings. The Kier molecular flexibility index (Phi) is 3.78. The van der Waals surface area contributed by atoms with Crippen LogP contribution in [0.15, 0.2) is 42.5 Å². The third kappa shape index (κ3) is 2.99. The van der Waals surface area contributed by atoms with Crippen molar-refractivity contribution in [2.75, 3.05) is 18.0 Å². The highest BCUT2D eigenvalue weighted by molar-refractivity contribution is 5.80. The van der Waals surface area contributed by atoms with Crippen LogP contribution in [0.5, 0.6) is 0 Å². The van der Waals surface area contributed by atoms with E-state index >= 15 is 0 Å². The van der Waals surface area contributed by atoms with Crippen molar-refractivity contribution in [3.8, 4) is 0 Å². The molecule has 1 aliphatic heterocycles. The SMILES string of the molecule is Cc1cc(C)c(N2[C]=[N+](Cc3ccccc3)CC2)c(C)c1. The second-order valence-corrected chi connectivity index (χ2v) is 5.91. The van der Waals surface area contributed by atoms with Gasteiger partial charge in [-0.05, 0) is 37.5 Å². The number of rotatable bonds is 3. The molecule has 0 aliphatic carbocycles. The minimum atomic E-state index is 0.932. The van der Waals surface area contributed by atoms with Gasteiger partial charge in [-0.3, -0.25) is 0 Å². The molecule has 1 radical (unpaired) electrons. The maximum atomic E-state index is 3.52. The lowest BCUT2D eigenvalue weighted by Crippen LogP contribution is -2.20. The summed E-state index contributed by atoms with van der Waals surface area (Å²) in [6.45, 7) is 9.51. The van der Waals surface area contributed by atoms with Crippen LogP contribution in [-0.4, -0.2) is 24.0 Å². The van der Waals surface area contributed by atoms with Crippen LogP contribution in [0.2, 0.25) is 0 Å². The van der Waals surface area contributed by atoms with Gasteiger partial charge in [0, 0.05) is 0 Å². The van der Waals surface area contributed by atoms with Gasteiger partial charge in [-0.2, -0.15) is 0 Å². The summed E-state index contributed by atoms with van der Waals surface area (Å²) in [5.74, 6) is 0. The lowest BCUT2D eigenvalue weighted by Gasteiger charge is -2.12. The standard InChI is InChI=1S/C19H22N2/c1-15-11-16(2)19(17(3)12-15)21-10-9-20(14-21)13-18-7-5-4-6-8-18/h4-8,11-12H,9-10,13H2,1-3H3/q+1. The maximum absolute atomic E-state index is 3.52. The van der Waals surface area contributed by atoms with Crippen LogP contribution in [-0.2, 0) is 6.54 Å². The Morgan fingerprint density at radius 2 is 1.71 bits per heavy atom. The molecule has 2 aromatic carbocycles. The van der Waals surface area contributed by atoms with Gasteiger partial charge in [0.2, 0.25) is 0 Å². The fourth-order valence-electron chi connectivity index (χ4n) is 3.17. The summed E-state index contributed by atoms with van der Waals surface area (Å²) in [6.07, 6.45) is 3.52. The van der Waals surface area contributed by atoms with E-state index in [0.29, 0.717) is 0 Å². The molecule has 0 bridgehead atoms. The van der Waals surface area contributed by atoms with Gasteiger partial charge in [0.1, 0.15) is 25.3 Å². The molecule has 0 N–H and O–H groups in total. The quantitative estimate of drug-likeness (QED) is 0.778. The van der Waals surface area contributed by atoms with Gasteiger partial charge in [-0.25, -0.2) is 9.48 Å². The molecule has 2 aromatic rings. The first-order valence-electron chi connectivity index (χ1n) is 7.54. The first-order chi connectivity index (χ1) is 10.1. The predicted molar refractivity (Wildman–Crippen MR) is 88.3 cm³/mol. The van der Waals surface area contributed by atoms with Crippen LogP contribution in [0.3, 0.4) is 0 Å². The van der Waals surface area contributed by atoms with E-state index in [2.05, 4.69) is 79.0 Å². The number of aryl methyl sites for hydroxylation is 3. The fraction of sp³-hybridized carbons (Fsp3) is 0.316. The number of hydrogen-bond donors (Lipinski definition) is 0. The largest absolute Gasteiger partial charge is 0.369 e. The monoisotopic (exact) mass is 278 g/mol. The molecular weight excluding hydrogens is 256 g/mol. The molecule has 107 valence electrons. The Morgan fingerprint density at radius 3 is 2.38 bits per heavy atom. The van der Waals surface area contributed by atoms with Crippen molar-refractivity contribution in [2.24, 2.45) is 0 Å². The lowest BCUT2D eigenvalue weighted by atomic mass is 10.0. The lowest BCUT2D eigenvalue weighted by molar-refractivity contribution is -0.530. The van der Waals surface area contributed by atoms with Gasteiger partial charge in [0.15, 0.2) is 0 Å². The van der Waals surface area contributed by atoms with Gasteiger partial charge in [0.25, 0.3) is 0 Å². The van der Waals surface area contributed by atoms with Crippen molar-refractivity contribution in [1.29, 1.82) is 0 Å². The van der Waals surface area contributed by atoms with Gasteiger partial charge < -0.3 is 0 Å². The van der Waals surface area contributed by atoms with E-state index in [1.54, 1.807) is 0 Å². The van der Waals surface area contributed by atoms with E-state index in [4.69, 9.17) is 0 Å². The predicted octanol–water partition coefficient (Wildman–Crippen LogP) is 3.55. The number of nitrogens with zero attached hydrogens (tertiary/aromatic N) is 2. The highest BCUT2D eigenvalue weighted by atomic mass is 15.3. The van der Waals surface area contributed by atoms with Crippen LogP contribution < -0.4 is 4.90 Å². The molecule has 21 heavy (non-hydrogen) atoms. The van der Waals surface area contributed by atoms with Crippen LogP contribution in [0, 0.1) is 20.8 Å². The highest BCUT2D eigenvalue weighted by Crippen LogP contribution is 2.26. The average molecular weight is 278 g/mol. The smallest absolute Gasteiger partial charge is 0.246 e. The molecule has 0 aromatic heterocycles. The van der Waals surface area contributed by atoms with E-state index in [1.165, 1.54) is 27.9 Å². The van der Waals surface area contributed by atoms with Crippen LogP contribution in [0.1, 0.15) is 22.3 Å². The van der Waals surface area contributed by atoms with Crippen molar-refractivity contribution < 1.29 is 4.58 Å². The van der Waals surface area contributed by atoms with E-state index < -0.39 is 0 Å². The Bertz CT molecular complexity index is 648. The molecule has 0 saturated heterocycles. The third-order valence-corrected chi connectivity index (χ3v) is 3.98. The van der Waals surface area contributed by atoms with Crippen molar-refractivity contribution in [1.82, 2.24) is 0 Å². The zero-order chi connectivity index (χ0) is 14.8. The van der Waals surface area contributed by atoms with Crippen LogP contribution in [0.4, 0.5) is 5.69 Å². The van der Waals surface area contributed by atoms with E-state index in [9.17, 15) is 0 Å². The summed E-state index contributed by atoms with van der Waals surface area (Å²) in [7, 11) is 0. The van der Waals surface area contributed by atoms with Crippen molar-refractivity contribution >= 4 is 12.0 Å². The molecular formula is C19H22N2+. The maximum Gasteiger partial charge on any atom is 0.369 e. The number of benzene rings is 2. The normalized spacial score (nSPS) is 14.4. The van der Waals surface area contributed by atoms with E-state index in [1.807, 2.05) is 0 Å². The van der Waals surface area contributed by atoms with Gasteiger partial charge in [-0.15, -0.1) is 0 Å². The second-order valence-electron chi connectivity index (χ2n) is 5.91. The first kappa shape index (κ1) is 13.9. The van der Waals surface area contributed by atoms with E-state index in [0.717, 1.165) is 19.6 Å². The molecule has 1 heterocycles. The molecule has 0 spiro atoms. The first-order valence-corrected chi connectivity index (χ1v) is 7.54. The molecule has 2 nitrogen and oxygen atoms in total. The molecule has 0 atom stereocenters. The molecule has 0 fully saturated rings. The minimum absolute atomic E-state index is 0.932. The topological polar surface area (TPSA) is 6.25 Å². The van der Waals surface area contributed by atoms with Crippen LogP contribution in [0.25, 0.3) is 0 Å². The number of hydrogen-bond acceptors (Lipinski definition) is 1. The van der Waals surface area contributed by atoms with Crippen molar-refractivity contribution in [3.05, 3.63) is 64.7 Å². The summed E-state index contributed by atoms with van der Waals surface area (Å²) in [4.78, 5) is 2.27. The average Bonchev–Trinajstić information content (AvgIpc) is 2.87. The molecule has 0 amide bonds. The molecule has 0 saturated carbocycles. The van der Waals surface area contributed by atoms with Crippen LogP contribution >= 0.6 is 0 Å². The van der Waals surface area contributed by atoms with Crippen molar-refractivity contribution in [2.45, 2.75) is 27.3 Å². The van der Waals surface area contributed by atoms with Gasteiger partial charge in [0.05, 0.1) is 0 Å². The highest BCUT2D eigenvalue weighted by Gasteiger charge is 2.26. The number of anilines is 1.